The van der Waals surface area contributed by atoms with Crippen LogP contribution in [-0.4, -0.2) is 23.8 Å². The fraction of sp³-hybridized carbons (Fsp3) is 0.316. The van der Waals surface area contributed by atoms with Gasteiger partial charge in [-0.05, 0) is 49.2 Å². The normalized spacial score (nSPS) is 19.0. The van der Waals surface area contributed by atoms with Crippen LogP contribution in [0.5, 0.6) is 0 Å². The average molecular weight is 314 g/mol. The topological polar surface area (TPSA) is 20.3 Å². The standard InChI is InChI=1S/C19H20ClNO/c20-18-10-8-16(9-11-18)19(22)17-7-4-12-21(14-17)13-15-5-2-1-3-6-15/h1-3,5-6,8-11,17H,4,7,12-14H2/t17-/m1/s1. The van der Waals surface area contributed by atoms with E-state index in [-0.39, 0.29) is 11.7 Å². The van der Waals surface area contributed by atoms with Crippen molar-refractivity contribution in [3.63, 3.8) is 0 Å². The van der Waals surface area contributed by atoms with Crippen molar-refractivity contribution in [3.8, 4) is 0 Å². The van der Waals surface area contributed by atoms with Crippen LogP contribution in [0.1, 0.15) is 28.8 Å². The molecule has 3 heteroatoms. The first-order chi connectivity index (χ1) is 10.7. The number of hydrogen-bond acceptors (Lipinski definition) is 2. The summed E-state index contributed by atoms with van der Waals surface area (Å²) in [5, 5.41) is 0.672. The maximum atomic E-state index is 12.6. The van der Waals surface area contributed by atoms with Crippen LogP contribution in [0.3, 0.4) is 0 Å². The third kappa shape index (κ3) is 3.76. The largest absolute Gasteiger partial charge is 0.298 e. The first kappa shape index (κ1) is 15.3. The van der Waals surface area contributed by atoms with Crippen molar-refractivity contribution in [2.45, 2.75) is 19.4 Å². The molecule has 0 saturated carbocycles. The van der Waals surface area contributed by atoms with E-state index in [0.29, 0.717) is 5.02 Å². The van der Waals surface area contributed by atoms with Gasteiger partial charge in [-0.2, -0.15) is 0 Å². The smallest absolute Gasteiger partial charge is 0.167 e. The Morgan fingerprint density at radius 1 is 1.09 bits per heavy atom. The predicted octanol–water partition coefficient (Wildman–Crippen LogP) is 4.43. The lowest BCUT2D eigenvalue weighted by Gasteiger charge is -2.32. The van der Waals surface area contributed by atoms with Crippen molar-refractivity contribution < 1.29 is 4.79 Å². The van der Waals surface area contributed by atoms with E-state index in [0.717, 1.165) is 38.0 Å². The van der Waals surface area contributed by atoms with Crippen molar-refractivity contribution >= 4 is 17.4 Å². The summed E-state index contributed by atoms with van der Waals surface area (Å²) in [6.07, 6.45) is 2.06. The first-order valence-electron chi connectivity index (χ1n) is 7.78. The summed E-state index contributed by atoms with van der Waals surface area (Å²) < 4.78 is 0. The number of carbonyl (C=O) groups is 1. The predicted molar refractivity (Wildman–Crippen MR) is 90.2 cm³/mol. The molecule has 2 aromatic rings. The number of piperidine rings is 1. The molecule has 0 unspecified atom stereocenters. The molecule has 0 aromatic heterocycles. The SMILES string of the molecule is O=C(c1ccc(Cl)cc1)[C@@H]1CCCN(Cc2ccccc2)C1. The van der Waals surface area contributed by atoms with Crippen LogP contribution in [-0.2, 0) is 6.54 Å². The highest BCUT2D eigenvalue weighted by atomic mass is 35.5. The van der Waals surface area contributed by atoms with Crippen LogP contribution >= 0.6 is 11.6 Å². The van der Waals surface area contributed by atoms with Crippen LogP contribution in [0.25, 0.3) is 0 Å². The van der Waals surface area contributed by atoms with Crippen LogP contribution in [0, 0.1) is 5.92 Å². The minimum atomic E-state index is 0.0960. The molecule has 0 bridgehead atoms. The minimum absolute atomic E-state index is 0.0960. The number of halogens is 1. The fourth-order valence-electron chi connectivity index (χ4n) is 3.10. The summed E-state index contributed by atoms with van der Waals surface area (Å²) in [7, 11) is 0. The second kappa shape index (κ2) is 7.08. The monoisotopic (exact) mass is 313 g/mol. The minimum Gasteiger partial charge on any atom is -0.298 e. The molecule has 114 valence electrons. The molecule has 0 N–H and O–H groups in total. The average Bonchev–Trinajstić information content (AvgIpc) is 2.56. The number of nitrogens with zero attached hydrogens (tertiary/aromatic N) is 1. The van der Waals surface area contributed by atoms with Gasteiger partial charge in [0.05, 0.1) is 0 Å². The van der Waals surface area contributed by atoms with E-state index < -0.39 is 0 Å². The van der Waals surface area contributed by atoms with E-state index in [1.54, 1.807) is 12.1 Å². The molecule has 2 nitrogen and oxygen atoms in total. The molecule has 1 aliphatic rings. The Morgan fingerprint density at radius 3 is 2.55 bits per heavy atom. The Labute approximate surface area is 136 Å². The summed E-state index contributed by atoms with van der Waals surface area (Å²) >= 11 is 5.90. The summed E-state index contributed by atoms with van der Waals surface area (Å²) in [5.41, 5.74) is 2.08. The molecule has 0 radical (unpaired) electrons. The zero-order valence-electron chi connectivity index (χ0n) is 12.5. The molecule has 1 heterocycles. The van der Waals surface area contributed by atoms with Gasteiger partial charge in [0.1, 0.15) is 0 Å². The third-order valence-electron chi connectivity index (χ3n) is 4.25. The lowest BCUT2D eigenvalue weighted by molar-refractivity contribution is 0.0811. The molecule has 2 aromatic carbocycles. The lowest BCUT2D eigenvalue weighted by atomic mass is 9.90. The van der Waals surface area contributed by atoms with Gasteiger partial charge in [0.2, 0.25) is 0 Å². The van der Waals surface area contributed by atoms with Gasteiger partial charge in [0.25, 0.3) is 0 Å². The van der Waals surface area contributed by atoms with Crippen molar-refractivity contribution in [2.75, 3.05) is 13.1 Å². The Balaban J connectivity index is 1.65. The number of benzene rings is 2. The maximum Gasteiger partial charge on any atom is 0.167 e. The fourth-order valence-corrected chi connectivity index (χ4v) is 3.23. The van der Waals surface area contributed by atoms with Gasteiger partial charge in [-0.25, -0.2) is 0 Å². The molecular formula is C19H20ClNO. The molecule has 1 saturated heterocycles. The molecule has 1 aliphatic heterocycles. The van der Waals surface area contributed by atoms with Crippen LogP contribution in [0.2, 0.25) is 5.02 Å². The number of rotatable bonds is 4. The van der Waals surface area contributed by atoms with Gasteiger partial charge in [-0.15, -0.1) is 0 Å². The molecular weight excluding hydrogens is 294 g/mol. The molecule has 0 aliphatic carbocycles. The quantitative estimate of drug-likeness (QED) is 0.778. The third-order valence-corrected chi connectivity index (χ3v) is 4.51. The van der Waals surface area contributed by atoms with Crippen LogP contribution in [0.4, 0.5) is 0 Å². The van der Waals surface area contributed by atoms with E-state index in [4.69, 9.17) is 11.6 Å². The second-order valence-electron chi connectivity index (χ2n) is 5.93. The van der Waals surface area contributed by atoms with E-state index in [1.165, 1.54) is 5.56 Å². The molecule has 3 rings (SSSR count). The van der Waals surface area contributed by atoms with Gasteiger partial charge in [0, 0.05) is 29.6 Å². The van der Waals surface area contributed by atoms with Gasteiger partial charge in [-0.1, -0.05) is 41.9 Å². The number of likely N-dealkylation sites (tertiary alicyclic amines) is 1. The molecule has 1 fully saturated rings. The van der Waals surface area contributed by atoms with Crippen LogP contribution in [0.15, 0.2) is 54.6 Å². The molecule has 1 atom stereocenters. The molecule has 0 amide bonds. The highest BCUT2D eigenvalue weighted by Crippen LogP contribution is 2.23. The van der Waals surface area contributed by atoms with Gasteiger partial charge >= 0.3 is 0 Å². The maximum absolute atomic E-state index is 12.6. The Morgan fingerprint density at radius 2 is 1.82 bits per heavy atom. The number of ketones is 1. The van der Waals surface area contributed by atoms with Crippen molar-refractivity contribution in [1.29, 1.82) is 0 Å². The van der Waals surface area contributed by atoms with Crippen molar-refractivity contribution in [3.05, 3.63) is 70.7 Å². The van der Waals surface area contributed by atoms with Crippen molar-refractivity contribution in [2.24, 2.45) is 5.92 Å². The Bertz CT molecular complexity index is 624. The van der Waals surface area contributed by atoms with E-state index in [9.17, 15) is 4.79 Å². The van der Waals surface area contributed by atoms with Gasteiger partial charge < -0.3 is 0 Å². The van der Waals surface area contributed by atoms with Crippen molar-refractivity contribution in [1.82, 2.24) is 4.90 Å². The highest BCUT2D eigenvalue weighted by molar-refractivity contribution is 6.30. The molecule has 0 spiro atoms. The summed E-state index contributed by atoms with van der Waals surface area (Å²) in [4.78, 5) is 15.0. The number of Topliss-reactive ketones (excluding diaryl/α,β-unsaturated/α-hetero) is 1. The zero-order chi connectivity index (χ0) is 15.4. The van der Waals surface area contributed by atoms with Crippen LogP contribution < -0.4 is 0 Å². The van der Waals surface area contributed by atoms with E-state index in [1.807, 2.05) is 18.2 Å². The summed E-state index contributed by atoms with van der Waals surface area (Å²) in [5.74, 6) is 0.341. The van der Waals surface area contributed by atoms with Gasteiger partial charge in [0.15, 0.2) is 5.78 Å². The first-order valence-corrected chi connectivity index (χ1v) is 8.16. The van der Waals surface area contributed by atoms with E-state index >= 15 is 0 Å². The number of hydrogen-bond donors (Lipinski definition) is 0. The lowest BCUT2D eigenvalue weighted by Crippen LogP contribution is -2.38. The summed E-state index contributed by atoms with van der Waals surface area (Å²) in [6, 6.07) is 17.7. The van der Waals surface area contributed by atoms with Gasteiger partial charge in [-0.3, -0.25) is 9.69 Å². The van der Waals surface area contributed by atoms with E-state index in [2.05, 4.69) is 29.2 Å². The Kier molecular flexibility index (Phi) is 4.91. The number of carbonyl (C=O) groups excluding carboxylic acids is 1. The Hall–Kier alpha value is -1.64. The summed E-state index contributed by atoms with van der Waals surface area (Å²) in [6.45, 7) is 2.83. The highest BCUT2D eigenvalue weighted by Gasteiger charge is 2.26. The zero-order valence-corrected chi connectivity index (χ0v) is 13.3. The second-order valence-corrected chi connectivity index (χ2v) is 6.37. The molecule has 22 heavy (non-hydrogen) atoms.